The van der Waals surface area contributed by atoms with Crippen molar-refractivity contribution in [1.29, 1.82) is 0 Å². The highest BCUT2D eigenvalue weighted by Crippen LogP contribution is 2.19. The number of phenolic OH excluding ortho intramolecular Hbond substituents is 1. The van der Waals surface area contributed by atoms with Gasteiger partial charge in [0.1, 0.15) is 17.1 Å². The summed E-state index contributed by atoms with van der Waals surface area (Å²) in [5, 5.41) is 12.0. The Morgan fingerprint density at radius 1 is 1.62 bits per heavy atom. The standard InChI is InChI=1S/C11H14FNO2S/c1-7(6-16-2)13-11(15)10-8(12)4-3-5-9(10)14/h3-5,7,14H,6H2,1-2H3,(H,13,15). The number of thioether (sulfide) groups is 1. The number of nitrogens with one attached hydrogen (secondary N) is 1. The van der Waals surface area contributed by atoms with Crippen molar-refractivity contribution in [2.75, 3.05) is 12.0 Å². The van der Waals surface area contributed by atoms with Gasteiger partial charge in [-0.15, -0.1) is 0 Å². The van der Waals surface area contributed by atoms with Crippen molar-refractivity contribution in [3.05, 3.63) is 29.6 Å². The summed E-state index contributed by atoms with van der Waals surface area (Å²) in [5.74, 6) is -0.902. The van der Waals surface area contributed by atoms with E-state index < -0.39 is 11.7 Å². The van der Waals surface area contributed by atoms with Crippen LogP contribution < -0.4 is 5.32 Å². The molecule has 16 heavy (non-hydrogen) atoms. The van der Waals surface area contributed by atoms with Crippen molar-refractivity contribution >= 4 is 17.7 Å². The van der Waals surface area contributed by atoms with Crippen LogP contribution in [0.2, 0.25) is 0 Å². The van der Waals surface area contributed by atoms with Crippen LogP contribution in [0.15, 0.2) is 18.2 Å². The summed E-state index contributed by atoms with van der Waals surface area (Å²) in [6.07, 6.45) is 1.92. The van der Waals surface area contributed by atoms with E-state index in [0.717, 1.165) is 11.8 Å². The molecule has 0 bridgehead atoms. The van der Waals surface area contributed by atoms with E-state index in [0.29, 0.717) is 0 Å². The molecule has 1 atom stereocenters. The number of rotatable bonds is 4. The summed E-state index contributed by atoms with van der Waals surface area (Å²) in [6, 6.07) is 3.72. The average Bonchev–Trinajstić information content (AvgIpc) is 2.17. The second-order valence-corrected chi connectivity index (χ2v) is 4.37. The molecular formula is C11H14FNO2S. The minimum atomic E-state index is -0.714. The fourth-order valence-electron chi connectivity index (χ4n) is 1.33. The predicted octanol–water partition coefficient (Wildman–Crippen LogP) is 2.01. The van der Waals surface area contributed by atoms with Crippen LogP contribution >= 0.6 is 11.8 Å². The van der Waals surface area contributed by atoms with Crippen LogP contribution in [0.4, 0.5) is 4.39 Å². The maximum absolute atomic E-state index is 13.3. The Morgan fingerprint density at radius 3 is 2.88 bits per heavy atom. The fraction of sp³-hybridized carbons (Fsp3) is 0.364. The normalized spacial score (nSPS) is 12.2. The van der Waals surface area contributed by atoms with Gasteiger partial charge in [-0.2, -0.15) is 11.8 Å². The lowest BCUT2D eigenvalue weighted by Crippen LogP contribution is -2.34. The number of hydrogen-bond acceptors (Lipinski definition) is 3. The van der Waals surface area contributed by atoms with Gasteiger partial charge in [0.05, 0.1) is 0 Å². The third-order valence-electron chi connectivity index (χ3n) is 2.01. The molecule has 0 saturated carbocycles. The quantitative estimate of drug-likeness (QED) is 0.850. The minimum absolute atomic E-state index is 0.0680. The van der Waals surface area contributed by atoms with Gasteiger partial charge in [0.15, 0.2) is 0 Å². The first-order valence-electron chi connectivity index (χ1n) is 4.83. The second kappa shape index (κ2) is 5.75. The molecule has 1 aromatic rings. The first-order chi connectivity index (χ1) is 7.56. The minimum Gasteiger partial charge on any atom is -0.507 e. The number of benzene rings is 1. The van der Waals surface area contributed by atoms with E-state index in [-0.39, 0.29) is 17.4 Å². The van der Waals surface area contributed by atoms with Gasteiger partial charge in [0.2, 0.25) is 0 Å². The molecule has 0 saturated heterocycles. The number of carbonyl (C=O) groups excluding carboxylic acids is 1. The molecule has 1 unspecified atom stereocenters. The average molecular weight is 243 g/mol. The lowest BCUT2D eigenvalue weighted by atomic mass is 10.1. The SMILES string of the molecule is CSCC(C)NC(=O)c1c(O)cccc1F. The van der Waals surface area contributed by atoms with Crippen molar-refractivity contribution in [3.8, 4) is 5.75 Å². The molecule has 0 aromatic heterocycles. The molecule has 5 heteroatoms. The molecule has 0 aliphatic heterocycles. The lowest BCUT2D eigenvalue weighted by Gasteiger charge is -2.13. The van der Waals surface area contributed by atoms with Gasteiger partial charge in [-0.3, -0.25) is 4.79 Å². The number of phenols is 1. The van der Waals surface area contributed by atoms with Gasteiger partial charge in [0.25, 0.3) is 5.91 Å². The Hall–Kier alpha value is -1.23. The van der Waals surface area contributed by atoms with Gasteiger partial charge in [0, 0.05) is 11.8 Å². The van der Waals surface area contributed by atoms with Gasteiger partial charge < -0.3 is 10.4 Å². The van der Waals surface area contributed by atoms with E-state index in [4.69, 9.17) is 0 Å². The van der Waals surface area contributed by atoms with Crippen LogP contribution in [0.5, 0.6) is 5.75 Å². The van der Waals surface area contributed by atoms with E-state index >= 15 is 0 Å². The van der Waals surface area contributed by atoms with E-state index in [1.54, 1.807) is 11.8 Å². The monoisotopic (exact) mass is 243 g/mol. The zero-order valence-corrected chi connectivity index (χ0v) is 9.97. The predicted molar refractivity (Wildman–Crippen MR) is 63.4 cm³/mol. The number of halogens is 1. The first kappa shape index (κ1) is 12.8. The highest BCUT2D eigenvalue weighted by molar-refractivity contribution is 7.98. The molecule has 0 aliphatic carbocycles. The highest BCUT2D eigenvalue weighted by atomic mass is 32.2. The third-order valence-corrected chi connectivity index (χ3v) is 2.85. The summed E-state index contributed by atoms with van der Waals surface area (Å²) >= 11 is 1.58. The molecule has 1 aromatic carbocycles. The zero-order valence-electron chi connectivity index (χ0n) is 9.16. The Balaban J connectivity index is 2.80. The molecular weight excluding hydrogens is 229 g/mol. The van der Waals surface area contributed by atoms with Crippen molar-refractivity contribution in [1.82, 2.24) is 5.32 Å². The summed E-state index contributed by atoms with van der Waals surface area (Å²) in [6.45, 7) is 1.83. The van der Waals surface area contributed by atoms with Crippen LogP contribution in [0.25, 0.3) is 0 Å². The lowest BCUT2D eigenvalue weighted by molar-refractivity contribution is 0.0937. The molecule has 0 heterocycles. The molecule has 3 nitrogen and oxygen atoms in total. The smallest absolute Gasteiger partial charge is 0.258 e. The summed E-state index contributed by atoms with van der Waals surface area (Å²) < 4.78 is 13.3. The molecule has 0 aliphatic rings. The van der Waals surface area contributed by atoms with Crippen LogP contribution in [0.3, 0.4) is 0 Å². The highest BCUT2D eigenvalue weighted by Gasteiger charge is 2.17. The van der Waals surface area contributed by atoms with Crippen molar-refractivity contribution in [3.63, 3.8) is 0 Å². The van der Waals surface area contributed by atoms with Crippen molar-refractivity contribution in [2.24, 2.45) is 0 Å². The van der Waals surface area contributed by atoms with E-state index in [9.17, 15) is 14.3 Å². The molecule has 0 radical (unpaired) electrons. The molecule has 0 fully saturated rings. The zero-order chi connectivity index (χ0) is 12.1. The Kier molecular flexibility index (Phi) is 4.61. The third kappa shape index (κ3) is 3.13. The van der Waals surface area contributed by atoms with Crippen LogP contribution in [-0.2, 0) is 0 Å². The van der Waals surface area contributed by atoms with Gasteiger partial charge in [-0.05, 0) is 25.3 Å². The van der Waals surface area contributed by atoms with E-state index in [1.165, 1.54) is 12.1 Å². The Morgan fingerprint density at radius 2 is 2.31 bits per heavy atom. The van der Waals surface area contributed by atoms with Gasteiger partial charge in [-0.1, -0.05) is 6.07 Å². The van der Waals surface area contributed by atoms with Crippen LogP contribution in [0, 0.1) is 5.82 Å². The molecule has 2 N–H and O–H groups in total. The van der Waals surface area contributed by atoms with Gasteiger partial charge in [-0.25, -0.2) is 4.39 Å². The molecule has 88 valence electrons. The topological polar surface area (TPSA) is 49.3 Å². The molecule has 1 rings (SSSR count). The summed E-state index contributed by atoms with van der Waals surface area (Å²) in [5.41, 5.74) is -0.296. The largest absolute Gasteiger partial charge is 0.507 e. The first-order valence-corrected chi connectivity index (χ1v) is 6.23. The van der Waals surface area contributed by atoms with Gasteiger partial charge >= 0.3 is 0 Å². The van der Waals surface area contributed by atoms with Crippen molar-refractivity contribution in [2.45, 2.75) is 13.0 Å². The summed E-state index contributed by atoms with van der Waals surface area (Å²) in [7, 11) is 0. The summed E-state index contributed by atoms with van der Waals surface area (Å²) in [4.78, 5) is 11.7. The van der Waals surface area contributed by atoms with E-state index in [1.807, 2.05) is 13.2 Å². The molecule has 1 amide bonds. The van der Waals surface area contributed by atoms with Crippen LogP contribution in [0.1, 0.15) is 17.3 Å². The number of carbonyl (C=O) groups is 1. The van der Waals surface area contributed by atoms with E-state index in [2.05, 4.69) is 5.32 Å². The number of amides is 1. The maximum Gasteiger partial charge on any atom is 0.258 e. The number of hydrogen-bond donors (Lipinski definition) is 2. The molecule has 0 spiro atoms. The Labute approximate surface area is 98.1 Å². The van der Waals surface area contributed by atoms with Crippen LogP contribution in [-0.4, -0.2) is 29.1 Å². The second-order valence-electron chi connectivity index (χ2n) is 3.46. The number of aromatic hydroxyl groups is 1. The maximum atomic E-state index is 13.3. The fourth-order valence-corrected chi connectivity index (χ4v) is 1.91. The Bertz CT molecular complexity index is 364. The van der Waals surface area contributed by atoms with Crippen molar-refractivity contribution < 1.29 is 14.3 Å².